The number of benzene rings is 4. The van der Waals surface area contributed by atoms with Crippen LogP contribution in [0.25, 0.3) is 10.9 Å². The second-order valence-corrected chi connectivity index (χ2v) is 10.0. The summed E-state index contributed by atoms with van der Waals surface area (Å²) in [5.74, 6) is 0.727. The molecule has 0 aliphatic heterocycles. The SMILES string of the molecule is CC(C)NC(=O)C[C@@H](c1cccc(OCc2ccccc2)c1)c1cn(Cc2ccccc2)c2ccccc12. The highest BCUT2D eigenvalue weighted by Gasteiger charge is 2.23. The Balaban J connectivity index is 1.52. The van der Waals surface area contributed by atoms with Crippen molar-refractivity contribution in [2.75, 3.05) is 0 Å². The van der Waals surface area contributed by atoms with E-state index in [1.165, 1.54) is 10.9 Å². The molecule has 38 heavy (non-hydrogen) atoms. The van der Waals surface area contributed by atoms with Crippen LogP contribution in [0.2, 0.25) is 0 Å². The number of carbonyl (C=O) groups excluding carboxylic acids is 1. The first-order chi connectivity index (χ1) is 18.6. The highest BCUT2D eigenvalue weighted by molar-refractivity contribution is 5.87. The zero-order valence-corrected chi connectivity index (χ0v) is 22.0. The molecule has 0 unspecified atom stereocenters. The van der Waals surface area contributed by atoms with Crippen molar-refractivity contribution in [3.8, 4) is 5.75 Å². The van der Waals surface area contributed by atoms with Crippen LogP contribution in [-0.2, 0) is 17.9 Å². The lowest BCUT2D eigenvalue weighted by Crippen LogP contribution is -2.31. The third kappa shape index (κ3) is 6.15. The van der Waals surface area contributed by atoms with Crippen molar-refractivity contribution in [1.29, 1.82) is 0 Å². The van der Waals surface area contributed by atoms with Crippen molar-refractivity contribution in [2.45, 2.75) is 45.4 Å². The van der Waals surface area contributed by atoms with E-state index in [0.29, 0.717) is 13.0 Å². The van der Waals surface area contributed by atoms with Crippen LogP contribution in [-0.4, -0.2) is 16.5 Å². The number of nitrogens with zero attached hydrogens (tertiary/aromatic N) is 1. The molecule has 1 N–H and O–H groups in total. The Labute approximate surface area is 224 Å². The molecule has 0 fully saturated rings. The lowest BCUT2D eigenvalue weighted by molar-refractivity contribution is -0.121. The summed E-state index contributed by atoms with van der Waals surface area (Å²) in [6, 6.07) is 37.4. The lowest BCUT2D eigenvalue weighted by Gasteiger charge is -2.19. The van der Waals surface area contributed by atoms with Gasteiger partial charge in [-0.15, -0.1) is 0 Å². The molecule has 0 aliphatic carbocycles. The lowest BCUT2D eigenvalue weighted by atomic mass is 9.87. The highest BCUT2D eigenvalue weighted by Crippen LogP contribution is 2.36. The van der Waals surface area contributed by atoms with Gasteiger partial charge in [0.1, 0.15) is 12.4 Å². The number of fused-ring (bicyclic) bond motifs is 1. The largest absolute Gasteiger partial charge is 0.489 e. The molecular weight excluding hydrogens is 468 g/mol. The predicted octanol–water partition coefficient (Wildman–Crippen LogP) is 7.32. The number of ether oxygens (including phenoxy) is 1. The van der Waals surface area contributed by atoms with Gasteiger partial charge in [-0.2, -0.15) is 0 Å². The smallest absolute Gasteiger partial charge is 0.221 e. The number of para-hydroxylation sites is 1. The van der Waals surface area contributed by atoms with E-state index in [-0.39, 0.29) is 17.9 Å². The van der Waals surface area contributed by atoms with Crippen LogP contribution >= 0.6 is 0 Å². The van der Waals surface area contributed by atoms with Crippen LogP contribution < -0.4 is 10.1 Å². The molecule has 5 rings (SSSR count). The topological polar surface area (TPSA) is 43.3 Å². The average Bonchev–Trinajstić information content (AvgIpc) is 3.29. The van der Waals surface area contributed by atoms with Crippen molar-refractivity contribution in [3.05, 3.63) is 138 Å². The molecule has 0 aliphatic rings. The molecule has 1 heterocycles. The first kappa shape index (κ1) is 25.3. The third-order valence-electron chi connectivity index (χ3n) is 6.74. The van der Waals surface area contributed by atoms with Gasteiger partial charge >= 0.3 is 0 Å². The zero-order chi connectivity index (χ0) is 26.3. The van der Waals surface area contributed by atoms with Gasteiger partial charge in [0.25, 0.3) is 0 Å². The minimum atomic E-state index is -0.115. The Morgan fingerprint density at radius 2 is 1.50 bits per heavy atom. The molecule has 192 valence electrons. The van der Waals surface area contributed by atoms with E-state index >= 15 is 0 Å². The van der Waals surface area contributed by atoms with E-state index in [1.807, 2.05) is 50.2 Å². The monoisotopic (exact) mass is 502 g/mol. The van der Waals surface area contributed by atoms with Crippen molar-refractivity contribution in [3.63, 3.8) is 0 Å². The van der Waals surface area contributed by atoms with Crippen LogP contribution in [0.3, 0.4) is 0 Å². The number of amides is 1. The highest BCUT2D eigenvalue weighted by atomic mass is 16.5. The van der Waals surface area contributed by atoms with Gasteiger partial charge in [-0.1, -0.05) is 91.0 Å². The number of carbonyl (C=O) groups is 1. The molecule has 0 radical (unpaired) electrons. The van der Waals surface area contributed by atoms with E-state index in [9.17, 15) is 4.79 Å². The maximum Gasteiger partial charge on any atom is 0.221 e. The van der Waals surface area contributed by atoms with Gasteiger partial charge in [0.05, 0.1) is 0 Å². The molecule has 1 aromatic heterocycles. The van der Waals surface area contributed by atoms with Gasteiger partial charge < -0.3 is 14.6 Å². The van der Waals surface area contributed by atoms with Gasteiger partial charge in [-0.05, 0) is 54.3 Å². The molecule has 0 saturated carbocycles. The summed E-state index contributed by atoms with van der Waals surface area (Å²) in [6.45, 7) is 5.26. The summed E-state index contributed by atoms with van der Waals surface area (Å²) < 4.78 is 8.45. The quantitative estimate of drug-likeness (QED) is 0.217. The van der Waals surface area contributed by atoms with E-state index in [1.54, 1.807) is 0 Å². The van der Waals surface area contributed by atoms with Crippen LogP contribution in [0.15, 0.2) is 115 Å². The van der Waals surface area contributed by atoms with Crippen molar-refractivity contribution in [1.82, 2.24) is 9.88 Å². The molecule has 4 heteroatoms. The Hall–Kier alpha value is -4.31. The van der Waals surface area contributed by atoms with Gasteiger partial charge in [0, 0.05) is 42.0 Å². The summed E-state index contributed by atoms with van der Waals surface area (Å²) in [7, 11) is 0. The van der Waals surface area contributed by atoms with Gasteiger partial charge in [0.2, 0.25) is 5.91 Å². The second-order valence-electron chi connectivity index (χ2n) is 10.0. The summed E-state index contributed by atoms with van der Waals surface area (Å²) in [4.78, 5) is 13.1. The van der Waals surface area contributed by atoms with Crippen molar-refractivity contribution < 1.29 is 9.53 Å². The number of nitrogens with one attached hydrogen (secondary N) is 1. The molecular formula is C34H34N2O2. The van der Waals surface area contributed by atoms with Crippen LogP contribution in [0.1, 0.15) is 48.4 Å². The second kappa shape index (κ2) is 11.8. The van der Waals surface area contributed by atoms with Crippen molar-refractivity contribution >= 4 is 16.8 Å². The first-order valence-corrected chi connectivity index (χ1v) is 13.2. The molecule has 0 bridgehead atoms. The summed E-state index contributed by atoms with van der Waals surface area (Å²) >= 11 is 0. The standard InChI is InChI=1S/C34H34N2O2/c1-25(2)35-34(37)21-31(28-16-11-17-29(20-28)38-24-27-14-7-4-8-15-27)32-23-36(22-26-12-5-3-6-13-26)33-19-10-9-18-30(32)33/h3-20,23,25,31H,21-22,24H2,1-2H3,(H,35,37)/t31-/m0/s1. The van der Waals surface area contributed by atoms with E-state index in [0.717, 1.165) is 34.5 Å². The third-order valence-corrected chi connectivity index (χ3v) is 6.74. The Kier molecular flexibility index (Phi) is 7.89. The van der Waals surface area contributed by atoms with Crippen LogP contribution in [0.4, 0.5) is 0 Å². The Morgan fingerprint density at radius 1 is 0.816 bits per heavy atom. The molecule has 4 aromatic carbocycles. The fourth-order valence-corrected chi connectivity index (χ4v) is 5.00. The molecule has 0 spiro atoms. The van der Waals surface area contributed by atoms with Gasteiger partial charge in [-0.25, -0.2) is 0 Å². The predicted molar refractivity (Wildman–Crippen MR) is 154 cm³/mol. The summed E-state index contributed by atoms with van der Waals surface area (Å²) in [6.07, 6.45) is 2.59. The fraction of sp³-hybridized carbons (Fsp3) is 0.206. The maximum atomic E-state index is 13.1. The number of aromatic nitrogens is 1. The normalized spacial score (nSPS) is 12.0. The number of hydrogen-bond donors (Lipinski definition) is 1. The average molecular weight is 503 g/mol. The molecule has 4 nitrogen and oxygen atoms in total. The first-order valence-electron chi connectivity index (χ1n) is 13.2. The van der Waals surface area contributed by atoms with Gasteiger partial charge in [-0.3, -0.25) is 4.79 Å². The summed E-state index contributed by atoms with van der Waals surface area (Å²) in [5, 5.41) is 4.26. The molecule has 5 aromatic rings. The van der Waals surface area contributed by atoms with Crippen LogP contribution in [0, 0.1) is 0 Å². The molecule has 0 saturated heterocycles. The van der Waals surface area contributed by atoms with E-state index in [2.05, 4.69) is 88.9 Å². The van der Waals surface area contributed by atoms with E-state index < -0.39 is 0 Å². The van der Waals surface area contributed by atoms with Crippen molar-refractivity contribution in [2.24, 2.45) is 0 Å². The Bertz CT molecular complexity index is 1490. The minimum absolute atomic E-state index is 0.0421. The summed E-state index contributed by atoms with van der Waals surface area (Å²) in [5.41, 5.74) is 5.74. The van der Waals surface area contributed by atoms with Gasteiger partial charge in [0.15, 0.2) is 0 Å². The Morgan fingerprint density at radius 3 is 2.24 bits per heavy atom. The number of rotatable bonds is 10. The fourth-order valence-electron chi connectivity index (χ4n) is 5.00. The number of hydrogen-bond acceptors (Lipinski definition) is 2. The van der Waals surface area contributed by atoms with Crippen LogP contribution in [0.5, 0.6) is 5.75 Å². The zero-order valence-electron chi connectivity index (χ0n) is 22.0. The maximum absolute atomic E-state index is 13.1. The molecule has 1 amide bonds. The minimum Gasteiger partial charge on any atom is -0.489 e. The molecule has 1 atom stereocenters. The van der Waals surface area contributed by atoms with E-state index in [4.69, 9.17) is 4.74 Å².